The third-order valence-electron chi connectivity index (χ3n) is 3.14. The normalized spacial score (nSPS) is 15.1. The predicted molar refractivity (Wildman–Crippen MR) is 89.0 cm³/mol. The lowest BCUT2D eigenvalue weighted by molar-refractivity contribution is 0.615. The Kier molecular flexibility index (Phi) is 4.56. The van der Waals surface area contributed by atoms with E-state index in [4.69, 9.17) is 11.6 Å². The minimum Gasteiger partial charge on any atom is -0.322 e. The van der Waals surface area contributed by atoms with Crippen LogP contribution in [0, 0.1) is 0 Å². The van der Waals surface area contributed by atoms with E-state index in [1.54, 1.807) is 24.3 Å². The summed E-state index contributed by atoms with van der Waals surface area (Å²) >= 11 is 5.98. The van der Waals surface area contributed by atoms with Gasteiger partial charge < -0.3 is 4.98 Å². The van der Waals surface area contributed by atoms with Crippen molar-refractivity contribution >= 4 is 33.5 Å². The van der Waals surface area contributed by atoms with Crippen LogP contribution in [0.25, 0.3) is 10.9 Å². The lowest BCUT2D eigenvalue weighted by atomic mass is 10.1. The summed E-state index contributed by atoms with van der Waals surface area (Å²) in [4.78, 5) is 15.0. The maximum atomic E-state index is 12.2. The van der Waals surface area contributed by atoms with Crippen LogP contribution in [0.4, 0.5) is 0 Å². The average Bonchev–Trinajstić information content (AvgIpc) is 2.37. The number of hydrogen-bond acceptors (Lipinski definition) is 2. The molecule has 2 rings (SSSR count). The first-order valence-corrected chi connectivity index (χ1v) is 8.22. The van der Waals surface area contributed by atoms with Crippen LogP contribution in [0.1, 0.15) is 39.3 Å². The SMILES string of the molecule is C[C@@H](NS(=O)C(C)(C)C)c1cc2cc(Cl)ccc2[nH]c1=O. The fourth-order valence-electron chi connectivity index (χ4n) is 1.92. The van der Waals surface area contributed by atoms with Crippen molar-refractivity contribution in [1.82, 2.24) is 9.71 Å². The van der Waals surface area contributed by atoms with Gasteiger partial charge in [-0.05, 0) is 52.0 Å². The largest absolute Gasteiger partial charge is 0.322 e. The molecule has 1 aromatic carbocycles. The molecular formula is C15H19ClN2O2S. The van der Waals surface area contributed by atoms with Crippen LogP contribution in [0.3, 0.4) is 0 Å². The van der Waals surface area contributed by atoms with Crippen LogP contribution in [-0.4, -0.2) is 13.9 Å². The third-order valence-corrected chi connectivity index (χ3v) is 5.06. The summed E-state index contributed by atoms with van der Waals surface area (Å²) in [6.07, 6.45) is 0. The van der Waals surface area contributed by atoms with E-state index >= 15 is 0 Å². The van der Waals surface area contributed by atoms with Crippen molar-refractivity contribution < 1.29 is 4.21 Å². The molecule has 0 amide bonds. The zero-order valence-corrected chi connectivity index (χ0v) is 14.1. The predicted octanol–water partition coefficient (Wildman–Crippen LogP) is 3.29. The molecule has 114 valence electrons. The van der Waals surface area contributed by atoms with Gasteiger partial charge in [0.1, 0.15) is 0 Å². The Morgan fingerprint density at radius 3 is 2.57 bits per heavy atom. The van der Waals surface area contributed by atoms with E-state index in [-0.39, 0.29) is 16.3 Å². The van der Waals surface area contributed by atoms with Crippen molar-refractivity contribution in [3.8, 4) is 0 Å². The molecule has 0 saturated carbocycles. The number of rotatable bonds is 3. The van der Waals surface area contributed by atoms with Gasteiger partial charge in [-0.25, -0.2) is 8.93 Å². The molecule has 0 saturated heterocycles. The van der Waals surface area contributed by atoms with Gasteiger partial charge in [0.2, 0.25) is 0 Å². The van der Waals surface area contributed by atoms with E-state index in [1.807, 2.05) is 27.7 Å². The standard InChI is InChI=1S/C15H19ClN2O2S/c1-9(18-21(20)15(2,3)4)12-8-10-7-11(16)5-6-13(10)17-14(12)19/h5-9,18H,1-4H3,(H,17,19)/t9-,21?/m1/s1. The second kappa shape index (κ2) is 5.91. The van der Waals surface area contributed by atoms with Crippen LogP contribution >= 0.6 is 11.6 Å². The highest BCUT2D eigenvalue weighted by Crippen LogP contribution is 2.20. The van der Waals surface area contributed by atoms with Crippen LogP contribution in [0.15, 0.2) is 29.1 Å². The summed E-state index contributed by atoms with van der Waals surface area (Å²) in [7, 11) is -1.24. The van der Waals surface area contributed by atoms with Gasteiger partial charge in [0, 0.05) is 27.5 Å². The Bertz CT molecular complexity index is 749. The number of hydrogen-bond donors (Lipinski definition) is 2. The molecule has 6 heteroatoms. The highest BCUT2D eigenvalue weighted by molar-refractivity contribution is 7.84. The maximum Gasteiger partial charge on any atom is 0.253 e. The zero-order chi connectivity index (χ0) is 15.8. The van der Waals surface area contributed by atoms with E-state index in [2.05, 4.69) is 9.71 Å². The van der Waals surface area contributed by atoms with E-state index in [0.717, 1.165) is 10.9 Å². The molecule has 0 aliphatic rings. The Labute approximate surface area is 131 Å². The second-order valence-electron chi connectivity index (χ2n) is 6.01. The Morgan fingerprint density at radius 1 is 1.29 bits per heavy atom. The van der Waals surface area contributed by atoms with Gasteiger partial charge in [-0.2, -0.15) is 0 Å². The fourth-order valence-corrected chi connectivity index (χ4v) is 2.90. The summed E-state index contributed by atoms with van der Waals surface area (Å²) in [6, 6.07) is 6.77. The number of aromatic nitrogens is 1. The van der Waals surface area contributed by atoms with Crippen molar-refractivity contribution in [3.05, 3.63) is 45.2 Å². The summed E-state index contributed by atoms with van der Waals surface area (Å²) in [5, 5.41) is 1.46. The molecule has 2 atom stereocenters. The number of benzene rings is 1. The van der Waals surface area contributed by atoms with Crippen LogP contribution < -0.4 is 10.3 Å². The van der Waals surface area contributed by atoms with Crippen molar-refractivity contribution in [2.75, 3.05) is 0 Å². The Balaban J connectivity index is 2.39. The van der Waals surface area contributed by atoms with Gasteiger partial charge in [0.05, 0.1) is 15.7 Å². The maximum absolute atomic E-state index is 12.2. The third kappa shape index (κ3) is 3.73. The molecule has 0 radical (unpaired) electrons. The number of nitrogens with one attached hydrogen (secondary N) is 2. The average molecular weight is 327 g/mol. The summed E-state index contributed by atoms with van der Waals surface area (Å²) in [5.74, 6) is 0. The monoisotopic (exact) mass is 326 g/mol. The van der Waals surface area contributed by atoms with Crippen LogP contribution in [0.2, 0.25) is 5.02 Å². The van der Waals surface area contributed by atoms with E-state index < -0.39 is 11.0 Å². The smallest absolute Gasteiger partial charge is 0.253 e. The van der Waals surface area contributed by atoms with Gasteiger partial charge in [-0.1, -0.05) is 11.6 Å². The number of pyridine rings is 1. The molecule has 0 bridgehead atoms. The van der Waals surface area contributed by atoms with Crippen LogP contribution in [-0.2, 0) is 11.0 Å². The highest BCUT2D eigenvalue weighted by atomic mass is 35.5. The Hall–Kier alpha value is -1.17. The van der Waals surface area contributed by atoms with Gasteiger partial charge in [0.25, 0.3) is 5.56 Å². The number of fused-ring (bicyclic) bond motifs is 1. The minimum absolute atomic E-state index is 0.185. The number of H-pyrrole nitrogens is 1. The van der Waals surface area contributed by atoms with Gasteiger partial charge in [-0.15, -0.1) is 0 Å². The van der Waals surface area contributed by atoms with E-state index in [1.165, 1.54) is 0 Å². The summed E-state index contributed by atoms with van der Waals surface area (Å²) in [5.41, 5.74) is 1.09. The quantitative estimate of drug-likeness (QED) is 0.909. The molecular weight excluding hydrogens is 308 g/mol. The molecule has 2 aromatic rings. The van der Waals surface area contributed by atoms with Crippen molar-refractivity contribution in [2.24, 2.45) is 0 Å². The number of aromatic amines is 1. The molecule has 0 fully saturated rings. The lowest BCUT2D eigenvalue weighted by Gasteiger charge is -2.21. The number of halogens is 1. The summed E-state index contributed by atoms with van der Waals surface area (Å²) < 4.78 is 14.7. The Morgan fingerprint density at radius 2 is 1.95 bits per heavy atom. The molecule has 0 aliphatic heterocycles. The molecule has 0 spiro atoms. The molecule has 1 aromatic heterocycles. The van der Waals surface area contributed by atoms with E-state index in [9.17, 15) is 9.00 Å². The minimum atomic E-state index is -1.24. The molecule has 2 N–H and O–H groups in total. The van der Waals surface area contributed by atoms with Gasteiger partial charge in [0.15, 0.2) is 0 Å². The fraction of sp³-hybridized carbons (Fsp3) is 0.400. The van der Waals surface area contributed by atoms with Crippen molar-refractivity contribution in [2.45, 2.75) is 38.5 Å². The van der Waals surface area contributed by atoms with Crippen molar-refractivity contribution in [1.29, 1.82) is 0 Å². The summed E-state index contributed by atoms with van der Waals surface area (Å²) in [6.45, 7) is 7.47. The molecule has 21 heavy (non-hydrogen) atoms. The second-order valence-corrected chi connectivity index (χ2v) is 8.44. The first-order chi connectivity index (χ1) is 9.68. The first kappa shape index (κ1) is 16.2. The van der Waals surface area contributed by atoms with Gasteiger partial charge >= 0.3 is 0 Å². The lowest BCUT2D eigenvalue weighted by Crippen LogP contribution is -2.36. The first-order valence-electron chi connectivity index (χ1n) is 6.69. The molecule has 4 nitrogen and oxygen atoms in total. The molecule has 1 heterocycles. The van der Waals surface area contributed by atoms with Gasteiger partial charge in [-0.3, -0.25) is 4.79 Å². The zero-order valence-electron chi connectivity index (χ0n) is 12.5. The molecule has 1 unspecified atom stereocenters. The van der Waals surface area contributed by atoms with Crippen molar-refractivity contribution in [3.63, 3.8) is 0 Å². The topological polar surface area (TPSA) is 62.0 Å². The molecule has 0 aliphatic carbocycles. The highest BCUT2D eigenvalue weighted by Gasteiger charge is 2.22. The van der Waals surface area contributed by atoms with E-state index in [0.29, 0.717) is 10.6 Å². The van der Waals surface area contributed by atoms with Crippen LogP contribution in [0.5, 0.6) is 0 Å².